The number of hydrogen-bond donors (Lipinski definition) is 1. The molecule has 22 heavy (non-hydrogen) atoms. The maximum atomic E-state index is 11.6. The second-order valence-electron chi connectivity index (χ2n) is 4.65. The Bertz CT molecular complexity index is 697. The topological polar surface area (TPSA) is 85.3 Å². The summed E-state index contributed by atoms with van der Waals surface area (Å²) in [4.78, 5) is 24.6. The molecule has 0 radical (unpaired) electrons. The minimum atomic E-state index is -1.03. The number of β-lactam (4-membered cyclic amide) rings is 1. The monoisotopic (exact) mass is 335 g/mol. The number of hydrogen-bond acceptors (Lipinski definition) is 5. The molecule has 1 N–H and O–H groups in total. The summed E-state index contributed by atoms with van der Waals surface area (Å²) < 4.78 is 1.88. The summed E-state index contributed by atoms with van der Waals surface area (Å²) in [6.07, 6.45) is 2.31. The number of rotatable bonds is 2. The van der Waals surface area contributed by atoms with Gasteiger partial charge in [-0.1, -0.05) is 5.40 Å². The van der Waals surface area contributed by atoms with Crippen LogP contribution in [0.25, 0.3) is 5.57 Å². The van der Waals surface area contributed by atoms with E-state index >= 15 is 0 Å². The van der Waals surface area contributed by atoms with E-state index in [1.165, 1.54) is 10.3 Å². The molecule has 0 aliphatic carbocycles. The largest absolute Gasteiger partial charge is 0.696 e. The van der Waals surface area contributed by atoms with Crippen LogP contribution in [-0.2, 0) is 29.3 Å². The van der Waals surface area contributed by atoms with E-state index in [1.54, 1.807) is 11.8 Å². The summed E-state index contributed by atoms with van der Waals surface area (Å²) in [5.41, 5.74) is 1.69. The van der Waals surface area contributed by atoms with Crippen LogP contribution in [0.4, 0.5) is 0 Å². The van der Waals surface area contributed by atoms with Gasteiger partial charge in [-0.15, -0.1) is 11.8 Å². The fraction of sp³-hybridized carbons (Fsp3) is 0.286. The predicted octanol–water partition coefficient (Wildman–Crippen LogP) is 0.626. The fourth-order valence-electron chi connectivity index (χ4n) is 2.45. The van der Waals surface area contributed by atoms with Crippen molar-refractivity contribution in [2.24, 2.45) is 7.05 Å². The Morgan fingerprint density at radius 1 is 1.59 bits per heavy atom. The van der Waals surface area contributed by atoms with Crippen molar-refractivity contribution in [2.45, 2.75) is 11.8 Å². The lowest BCUT2D eigenvalue weighted by Gasteiger charge is -2.43. The molecule has 114 valence electrons. The molecular formula is C14H13N3O3S2. The maximum Gasteiger partial charge on any atom is 0.353 e. The summed E-state index contributed by atoms with van der Waals surface area (Å²) in [6.45, 7) is 0. The minimum Gasteiger partial charge on any atom is -0.696 e. The smallest absolute Gasteiger partial charge is 0.353 e. The molecule has 1 amide bonds. The average molecular weight is 335 g/mol. The zero-order valence-corrected chi connectivity index (χ0v) is 13.4. The number of aryl methyl sites for hydroxylation is 1. The van der Waals surface area contributed by atoms with Crippen molar-refractivity contribution >= 4 is 41.8 Å². The molecule has 2 aliphatic rings. The van der Waals surface area contributed by atoms with E-state index in [1.807, 2.05) is 36.0 Å². The third-order valence-electron chi connectivity index (χ3n) is 3.42. The first-order chi connectivity index (χ1) is 10.5. The van der Waals surface area contributed by atoms with Gasteiger partial charge in [0.2, 0.25) is 11.6 Å². The van der Waals surface area contributed by atoms with Crippen LogP contribution >= 0.6 is 11.8 Å². The molecule has 1 aromatic rings. The van der Waals surface area contributed by atoms with Crippen LogP contribution in [0.2, 0.25) is 0 Å². The fourth-order valence-corrected chi connectivity index (χ4v) is 3.72. The second-order valence-corrected chi connectivity index (χ2v) is 6.00. The summed E-state index contributed by atoms with van der Waals surface area (Å²) >= 11 is 5.32. The third kappa shape index (κ3) is 2.91. The first-order valence-corrected chi connectivity index (χ1v) is 7.83. The van der Waals surface area contributed by atoms with E-state index in [2.05, 4.69) is 12.6 Å². The molecule has 8 heteroatoms. The van der Waals surface area contributed by atoms with Crippen LogP contribution in [0.5, 0.6) is 0 Å². The normalized spacial score (nSPS) is 19.4. The number of nitriles is 1. The molecule has 0 bridgehead atoms. The number of amides is 1. The van der Waals surface area contributed by atoms with Gasteiger partial charge < -0.3 is 17.7 Å². The van der Waals surface area contributed by atoms with E-state index in [9.17, 15) is 14.7 Å². The first kappa shape index (κ1) is 16.3. The first-order valence-electron chi connectivity index (χ1n) is 6.37. The SMILES string of the molecule is C[n+]1ccccc1C1=C(C(=O)O)N2C(=O)C[C@@H]2SC1.N#C[S-]. The lowest BCUT2D eigenvalue weighted by Crippen LogP contribution is -2.54. The Balaban J connectivity index is 0.000000545. The Morgan fingerprint density at radius 2 is 2.27 bits per heavy atom. The zero-order chi connectivity index (χ0) is 16.3. The van der Waals surface area contributed by atoms with Gasteiger partial charge in [0.1, 0.15) is 12.7 Å². The molecule has 0 aromatic carbocycles. The molecule has 3 heterocycles. The second kappa shape index (κ2) is 6.77. The van der Waals surface area contributed by atoms with Gasteiger partial charge in [0.25, 0.3) is 0 Å². The Labute approximate surface area is 137 Å². The van der Waals surface area contributed by atoms with Gasteiger partial charge in [-0.3, -0.25) is 9.69 Å². The Kier molecular flexibility index (Phi) is 5.00. The van der Waals surface area contributed by atoms with Crippen molar-refractivity contribution in [2.75, 3.05) is 5.75 Å². The number of thiocyanates is 1. The zero-order valence-electron chi connectivity index (χ0n) is 11.7. The van der Waals surface area contributed by atoms with Crippen molar-refractivity contribution < 1.29 is 19.3 Å². The van der Waals surface area contributed by atoms with Crippen molar-refractivity contribution in [1.82, 2.24) is 4.90 Å². The molecule has 6 nitrogen and oxygen atoms in total. The summed E-state index contributed by atoms with van der Waals surface area (Å²) in [7, 11) is 1.87. The number of carboxylic acid groups (broad SMARTS) is 1. The van der Waals surface area contributed by atoms with Gasteiger partial charge in [0.15, 0.2) is 6.20 Å². The molecule has 3 rings (SSSR count). The average Bonchev–Trinajstić information content (AvgIpc) is 2.47. The molecule has 1 atom stereocenters. The minimum absolute atomic E-state index is 0.00336. The number of thioether (sulfide) groups is 1. The molecule has 1 fully saturated rings. The highest BCUT2D eigenvalue weighted by molar-refractivity contribution is 8.00. The summed E-state index contributed by atoms with van der Waals surface area (Å²) in [6, 6.07) is 5.64. The van der Waals surface area contributed by atoms with E-state index in [0.717, 1.165) is 5.69 Å². The number of aliphatic carboxylic acids is 1. The number of nitrogens with zero attached hydrogens (tertiary/aromatic N) is 3. The van der Waals surface area contributed by atoms with Crippen LogP contribution in [-0.4, -0.2) is 33.0 Å². The highest BCUT2D eigenvalue weighted by Gasteiger charge is 2.46. The van der Waals surface area contributed by atoms with Gasteiger partial charge in [0.05, 0.1) is 17.4 Å². The lowest BCUT2D eigenvalue weighted by molar-refractivity contribution is -0.673. The van der Waals surface area contributed by atoms with Gasteiger partial charge >= 0.3 is 5.97 Å². The lowest BCUT2D eigenvalue weighted by atomic mass is 10.0. The molecule has 1 aromatic heterocycles. The number of aromatic nitrogens is 1. The molecule has 2 aliphatic heterocycles. The molecular weight excluding hydrogens is 322 g/mol. The molecule has 0 unspecified atom stereocenters. The third-order valence-corrected chi connectivity index (χ3v) is 4.64. The summed E-state index contributed by atoms with van der Waals surface area (Å²) in [5.74, 6) is -0.517. The van der Waals surface area contributed by atoms with Crippen LogP contribution in [0, 0.1) is 10.7 Å². The number of pyridine rings is 1. The Morgan fingerprint density at radius 3 is 2.82 bits per heavy atom. The van der Waals surface area contributed by atoms with Gasteiger partial charge in [0, 0.05) is 17.9 Å². The van der Waals surface area contributed by atoms with Crippen molar-refractivity contribution in [3.8, 4) is 5.40 Å². The maximum absolute atomic E-state index is 11.6. The van der Waals surface area contributed by atoms with E-state index < -0.39 is 5.97 Å². The molecule has 0 saturated carbocycles. The van der Waals surface area contributed by atoms with Crippen LogP contribution in [0.3, 0.4) is 0 Å². The molecule has 1 saturated heterocycles. The van der Waals surface area contributed by atoms with Crippen LogP contribution < -0.4 is 4.57 Å². The van der Waals surface area contributed by atoms with Crippen LogP contribution in [0.15, 0.2) is 30.1 Å². The van der Waals surface area contributed by atoms with Gasteiger partial charge in [-0.25, -0.2) is 14.6 Å². The number of fused-ring (bicyclic) bond motifs is 1. The molecule has 0 spiro atoms. The van der Waals surface area contributed by atoms with E-state index in [-0.39, 0.29) is 17.0 Å². The number of carboxylic acids is 1. The van der Waals surface area contributed by atoms with Crippen molar-refractivity contribution in [3.63, 3.8) is 0 Å². The van der Waals surface area contributed by atoms with Gasteiger partial charge in [-0.2, -0.15) is 0 Å². The Hall–Kier alpha value is -2.11. The quantitative estimate of drug-likeness (QED) is 0.369. The highest BCUT2D eigenvalue weighted by atomic mass is 32.2. The number of carbonyl (C=O) groups excluding carboxylic acids is 1. The van der Waals surface area contributed by atoms with Crippen molar-refractivity contribution in [3.05, 3.63) is 35.8 Å². The summed E-state index contributed by atoms with van der Waals surface area (Å²) in [5, 5.41) is 17.9. The standard InChI is InChI=1S/C13H12N2O3S.CHNS/c1-14-5-3-2-4-9(14)8-7-19-11-6-10(16)15(11)12(8)13(17)18;2-1-3/h2-5,11H,6-7H2,1H3;3H/t11-;/m0./s1. The number of carbonyl (C=O) groups is 2. The predicted molar refractivity (Wildman–Crippen MR) is 82.9 cm³/mol. The van der Waals surface area contributed by atoms with Gasteiger partial charge in [-0.05, 0) is 6.07 Å². The van der Waals surface area contributed by atoms with E-state index in [0.29, 0.717) is 17.7 Å². The van der Waals surface area contributed by atoms with Crippen LogP contribution in [0.1, 0.15) is 12.1 Å². The van der Waals surface area contributed by atoms with E-state index in [4.69, 9.17) is 5.26 Å². The highest BCUT2D eigenvalue weighted by Crippen LogP contribution is 2.42. The van der Waals surface area contributed by atoms with Crippen molar-refractivity contribution in [1.29, 1.82) is 5.26 Å².